The van der Waals surface area contributed by atoms with Crippen LogP contribution in [0.5, 0.6) is 0 Å². The van der Waals surface area contributed by atoms with Crippen LogP contribution in [0.15, 0.2) is 48.0 Å². The topological polar surface area (TPSA) is 89.8 Å². The van der Waals surface area contributed by atoms with Gasteiger partial charge in [0.1, 0.15) is 17.5 Å². The molecule has 0 fully saturated rings. The predicted molar refractivity (Wildman–Crippen MR) is 90.6 cm³/mol. The van der Waals surface area contributed by atoms with E-state index in [1.54, 1.807) is 12.4 Å². The first-order valence-corrected chi connectivity index (χ1v) is 7.67. The Bertz CT molecular complexity index is 790. The Kier molecular flexibility index (Phi) is 4.32. The summed E-state index contributed by atoms with van der Waals surface area (Å²) >= 11 is 0. The van der Waals surface area contributed by atoms with E-state index in [1.807, 2.05) is 30.5 Å². The molecular formula is C17H20N6. The van der Waals surface area contributed by atoms with Crippen molar-refractivity contribution in [1.82, 2.24) is 15.0 Å². The van der Waals surface area contributed by atoms with E-state index < -0.39 is 0 Å². The molecule has 3 aromatic rings. The second-order valence-electron chi connectivity index (χ2n) is 5.93. The molecule has 0 amide bonds. The molecule has 6 nitrogen and oxygen atoms in total. The van der Waals surface area contributed by atoms with E-state index in [4.69, 9.17) is 5.53 Å². The second-order valence-corrected chi connectivity index (χ2v) is 5.93. The lowest BCUT2D eigenvalue weighted by Gasteiger charge is -2.12. The second kappa shape index (κ2) is 6.56. The summed E-state index contributed by atoms with van der Waals surface area (Å²) in [5, 5.41) is 8.07. The zero-order valence-electron chi connectivity index (χ0n) is 13.2. The van der Waals surface area contributed by atoms with Crippen molar-refractivity contribution in [3.05, 3.63) is 54.0 Å². The first-order chi connectivity index (χ1) is 11.2. The van der Waals surface area contributed by atoms with Crippen molar-refractivity contribution in [2.75, 3.05) is 11.9 Å². The van der Waals surface area contributed by atoms with Crippen molar-refractivity contribution in [2.24, 2.45) is 11.0 Å². The van der Waals surface area contributed by atoms with Crippen molar-refractivity contribution >= 4 is 16.9 Å². The van der Waals surface area contributed by atoms with Crippen molar-refractivity contribution in [2.45, 2.75) is 19.9 Å². The minimum absolute atomic E-state index is 0.375. The van der Waals surface area contributed by atoms with Crippen LogP contribution >= 0.6 is 0 Å². The molecule has 3 rings (SSSR count). The van der Waals surface area contributed by atoms with E-state index in [1.165, 1.54) is 0 Å². The summed E-state index contributed by atoms with van der Waals surface area (Å²) in [6.45, 7) is 5.19. The predicted octanol–water partition coefficient (Wildman–Crippen LogP) is 4.15. The normalized spacial score (nSPS) is 12.5. The van der Waals surface area contributed by atoms with Gasteiger partial charge in [0.2, 0.25) is 0 Å². The van der Waals surface area contributed by atoms with Gasteiger partial charge >= 0.3 is 0 Å². The number of H-pyrrole nitrogens is 1. The van der Waals surface area contributed by atoms with E-state index in [9.17, 15) is 0 Å². The fourth-order valence-electron chi connectivity index (χ4n) is 2.51. The maximum absolute atomic E-state index is 7.59. The van der Waals surface area contributed by atoms with Crippen LogP contribution in [0.4, 0.5) is 5.82 Å². The molecule has 0 aliphatic heterocycles. The van der Waals surface area contributed by atoms with Crippen LogP contribution in [0.25, 0.3) is 11.0 Å². The lowest BCUT2D eigenvalue weighted by molar-refractivity contribution is 0.686. The van der Waals surface area contributed by atoms with E-state index >= 15 is 0 Å². The highest BCUT2D eigenvalue weighted by Crippen LogP contribution is 2.31. The highest BCUT2D eigenvalue weighted by Gasteiger charge is 2.18. The van der Waals surface area contributed by atoms with Gasteiger partial charge in [-0.3, -0.25) is 0 Å². The maximum atomic E-state index is 7.59. The van der Waals surface area contributed by atoms with Gasteiger partial charge in [-0.1, -0.05) is 19.9 Å². The molecule has 3 N–H and O–H groups in total. The van der Waals surface area contributed by atoms with Gasteiger partial charge in [0, 0.05) is 41.6 Å². The first kappa shape index (κ1) is 15.1. The number of pyridine rings is 2. The largest absolute Gasteiger partial charge is 0.370 e. The molecule has 0 spiro atoms. The van der Waals surface area contributed by atoms with Gasteiger partial charge in [0.05, 0.1) is 0 Å². The van der Waals surface area contributed by atoms with Gasteiger partial charge < -0.3 is 10.3 Å². The van der Waals surface area contributed by atoms with E-state index in [0.717, 1.165) is 34.5 Å². The molecule has 1 atom stereocenters. The minimum atomic E-state index is -0.375. The number of hydrogen-bond donors (Lipinski definition) is 3. The van der Waals surface area contributed by atoms with Crippen LogP contribution in [0.3, 0.4) is 0 Å². The van der Waals surface area contributed by atoms with Crippen LogP contribution in [-0.2, 0) is 0 Å². The number of nitrogens with zero attached hydrogens (tertiary/aromatic N) is 3. The number of hydrogen-bond acceptors (Lipinski definition) is 5. The van der Waals surface area contributed by atoms with Gasteiger partial charge in [-0.15, -0.1) is 0 Å². The van der Waals surface area contributed by atoms with Gasteiger partial charge in [-0.25, -0.2) is 15.5 Å². The van der Waals surface area contributed by atoms with Gasteiger partial charge in [0.15, 0.2) is 0 Å². The fraction of sp³-hybridized carbons (Fsp3) is 0.294. The molecule has 0 aromatic carbocycles. The van der Waals surface area contributed by atoms with Gasteiger partial charge in [-0.05, 0) is 24.1 Å². The highest BCUT2D eigenvalue weighted by molar-refractivity contribution is 5.80. The Morgan fingerprint density at radius 3 is 2.83 bits per heavy atom. The summed E-state index contributed by atoms with van der Waals surface area (Å²) in [6.07, 6.45) is 5.39. The third-order valence-electron chi connectivity index (χ3n) is 3.70. The molecule has 0 radical (unpaired) electrons. The lowest BCUT2D eigenvalue weighted by atomic mass is 10.0. The molecule has 0 aliphatic rings. The average molecular weight is 308 g/mol. The Hall–Kier alpha value is -2.76. The van der Waals surface area contributed by atoms with Crippen molar-refractivity contribution in [3.8, 4) is 0 Å². The first-order valence-electron chi connectivity index (χ1n) is 7.67. The molecular weight excluding hydrogens is 288 g/mol. The quantitative estimate of drug-likeness (QED) is 0.598. The van der Waals surface area contributed by atoms with Crippen LogP contribution in [0.2, 0.25) is 0 Å². The van der Waals surface area contributed by atoms with Crippen molar-refractivity contribution in [1.29, 1.82) is 5.53 Å². The molecule has 3 aromatic heterocycles. The Morgan fingerprint density at radius 2 is 2.13 bits per heavy atom. The Labute approximate surface area is 134 Å². The summed E-state index contributed by atoms with van der Waals surface area (Å²) in [5.41, 5.74) is 10.2. The SMILES string of the molecule is CC(C)CNc1ccc(C(N=N)c2c[nH]c3ncccc23)cn1. The summed E-state index contributed by atoms with van der Waals surface area (Å²) < 4.78 is 0. The average Bonchev–Trinajstić information content (AvgIpc) is 2.99. The summed E-state index contributed by atoms with van der Waals surface area (Å²) in [4.78, 5) is 11.8. The van der Waals surface area contributed by atoms with Crippen LogP contribution in [-0.4, -0.2) is 21.5 Å². The number of aromatic amines is 1. The third kappa shape index (κ3) is 3.21. The van der Waals surface area contributed by atoms with Crippen LogP contribution in [0.1, 0.15) is 31.0 Å². The number of aromatic nitrogens is 3. The third-order valence-corrected chi connectivity index (χ3v) is 3.70. The summed E-state index contributed by atoms with van der Waals surface area (Å²) in [6, 6.07) is 7.40. The molecule has 6 heteroatoms. The number of nitrogens with one attached hydrogen (secondary N) is 3. The Morgan fingerprint density at radius 1 is 1.26 bits per heavy atom. The van der Waals surface area contributed by atoms with Gasteiger partial charge in [-0.2, -0.15) is 5.11 Å². The lowest BCUT2D eigenvalue weighted by Crippen LogP contribution is -2.09. The number of rotatable bonds is 6. The standard InChI is InChI=1S/C17H20N6/c1-11(2)8-20-15-6-5-12(9-21-15)16(23-18)14-10-22-17-13(14)4-3-7-19-17/h3-7,9-11,16,18H,8H2,1-2H3,(H,19,22)(H,20,21). The molecule has 0 saturated carbocycles. The molecule has 0 saturated heterocycles. The van der Waals surface area contributed by atoms with Crippen molar-refractivity contribution < 1.29 is 0 Å². The molecule has 0 aliphatic carbocycles. The zero-order valence-corrected chi connectivity index (χ0v) is 13.2. The molecule has 3 heterocycles. The summed E-state index contributed by atoms with van der Waals surface area (Å²) in [5.74, 6) is 1.40. The van der Waals surface area contributed by atoms with Gasteiger partial charge in [0.25, 0.3) is 0 Å². The number of anilines is 1. The number of fused-ring (bicyclic) bond motifs is 1. The maximum Gasteiger partial charge on any atom is 0.137 e. The van der Waals surface area contributed by atoms with Crippen LogP contribution in [0, 0.1) is 11.4 Å². The smallest absolute Gasteiger partial charge is 0.137 e. The zero-order chi connectivity index (χ0) is 16.2. The van der Waals surface area contributed by atoms with E-state index in [2.05, 4.69) is 39.2 Å². The summed E-state index contributed by atoms with van der Waals surface area (Å²) in [7, 11) is 0. The van der Waals surface area contributed by atoms with Crippen molar-refractivity contribution in [3.63, 3.8) is 0 Å². The molecule has 0 bridgehead atoms. The highest BCUT2D eigenvalue weighted by atomic mass is 15.0. The minimum Gasteiger partial charge on any atom is -0.370 e. The van der Waals surface area contributed by atoms with E-state index in [-0.39, 0.29) is 6.04 Å². The Balaban J connectivity index is 1.87. The monoisotopic (exact) mass is 308 g/mol. The fourth-order valence-corrected chi connectivity index (χ4v) is 2.51. The molecule has 118 valence electrons. The van der Waals surface area contributed by atoms with E-state index in [0.29, 0.717) is 5.92 Å². The molecule has 1 unspecified atom stereocenters. The van der Waals surface area contributed by atoms with Crippen LogP contribution < -0.4 is 5.32 Å². The molecule has 23 heavy (non-hydrogen) atoms.